The minimum Gasteiger partial charge on any atom is -0.350 e. The van der Waals surface area contributed by atoms with E-state index in [1.807, 2.05) is 16.3 Å². The molecule has 0 bridgehead atoms. The van der Waals surface area contributed by atoms with E-state index in [9.17, 15) is 14.9 Å². The molecule has 0 aromatic carbocycles. The molecule has 0 amide bonds. The molecule has 3 heterocycles. The first kappa shape index (κ1) is 16.9. The fraction of sp³-hybridized carbons (Fsp3) is 0.222. The summed E-state index contributed by atoms with van der Waals surface area (Å²) in [6.45, 7) is 1.29. The predicted molar refractivity (Wildman–Crippen MR) is 96.8 cm³/mol. The molecule has 2 aromatic rings. The number of carbonyl (C=O) groups is 1. The van der Waals surface area contributed by atoms with E-state index >= 15 is 0 Å². The fourth-order valence-electron chi connectivity index (χ4n) is 2.60. The zero-order valence-corrected chi connectivity index (χ0v) is 14.2. The largest absolute Gasteiger partial charge is 0.350 e. The summed E-state index contributed by atoms with van der Waals surface area (Å²) in [5, 5.41) is 13.0. The number of Topliss-reactive ketones (excluding diaryl/α,β-unsaturated/α-hetero) is 1. The van der Waals surface area contributed by atoms with Gasteiger partial charge in [0.05, 0.1) is 9.80 Å². The van der Waals surface area contributed by atoms with Crippen LogP contribution in [0.5, 0.6) is 0 Å². The van der Waals surface area contributed by atoms with Crippen molar-refractivity contribution >= 4 is 28.6 Å². The van der Waals surface area contributed by atoms with Crippen LogP contribution in [-0.2, 0) is 0 Å². The third-order valence-corrected chi connectivity index (χ3v) is 4.74. The summed E-state index contributed by atoms with van der Waals surface area (Å²) in [7, 11) is 0. The topological polar surface area (TPSA) is 76.3 Å². The van der Waals surface area contributed by atoms with E-state index in [-0.39, 0.29) is 11.5 Å². The molecule has 1 saturated heterocycles. The van der Waals surface area contributed by atoms with Crippen molar-refractivity contribution in [1.29, 1.82) is 0 Å². The summed E-state index contributed by atoms with van der Waals surface area (Å²) < 4.78 is 0. The SMILES string of the molecule is O=C(C#CC=C1CCN(c2ncccc2[N+](=O)[O-])CC1)c1cccs1. The molecule has 25 heavy (non-hydrogen) atoms. The Morgan fingerprint density at radius 1 is 1.32 bits per heavy atom. The van der Waals surface area contributed by atoms with Gasteiger partial charge >= 0.3 is 5.69 Å². The molecule has 0 atom stereocenters. The number of thiophene rings is 1. The van der Waals surface area contributed by atoms with Gasteiger partial charge < -0.3 is 4.90 Å². The molecule has 2 aromatic heterocycles. The molecule has 126 valence electrons. The number of pyridine rings is 1. The van der Waals surface area contributed by atoms with E-state index in [1.54, 1.807) is 24.4 Å². The van der Waals surface area contributed by atoms with E-state index in [0.717, 1.165) is 18.4 Å². The molecule has 6 nitrogen and oxygen atoms in total. The molecule has 1 fully saturated rings. The minimum absolute atomic E-state index is 0.0243. The van der Waals surface area contributed by atoms with Crippen molar-refractivity contribution in [3.63, 3.8) is 0 Å². The van der Waals surface area contributed by atoms with Crippen molar-refractivity contribution in [2.75, 3.05) is 18.0 Å². The summed E-state index contributed by atoms with van der Waals surface area (Å²) in [5.74, 6) is 5.69. The second kappa shape index (κ2) is 7.73. The summed E-state index contributed by atoms with van der Waals surface area (Å²) >= 11 is 1.38. The van der Waals surface area contributed by atoms with E-state index in [4.69, 9.17) is 0 Å². The molecular formula is C18H15N3O3S. The maximum atomic E-state index is 11.8. The molecule has 3 rings (SSSR count). The predicted octanol–water partition coefficient (Wildman–Crippen LogP) is 3.46. The molecule has 1 aliphatic heterocycles. The number of hydrogen-bond donors (Lipinski definition) is 0. The number of hydrogen-bond acceptors (Lipinski definition) is 6. The molecular weight excluding hydrogens is 338 g/mol. The molecule has 0 aliphatic carbocycles. The van der Waals surface area contributed by atoms with E-state index in [0.29, 0.717) is 23.8 Å². The molecule has 7 heteroatoms. The first-order chi connectivity index (χ1) is 12.1. The Balaban J connectivity index is 1.63. The average molecular weight is 353 g/mol. The average Bonchev–Trinajstić information content (AvgIpc) is 3.17. The Labute approximate surface area is 149 Å². The van der Waals surface area contributed by atoms with Gasteiger partial charge in [-0.05, 0) is 42.4 Å². The smallest absolute Gasteiger partial charge is 0.311 e. The summed E-state index contributed by atoms with van der Waals surface area (Å²) in [6, 6.07) is 6.62. The maximum absolute atomic E-state index is 11.8. The highest BCUT2D eigenvalue weighted by Crippen LogP contribution is 2.28. The van der Waals surface area contributed by atoms with E-state index in [2.05, 4.69) is 16.8 Å². The van der Waals surface area contributed by atoms with Gasteiger partial charge in [-0.25, -0.2) is 4.98 Å². The first-order valence-electron chi connectivity index (χ1n) is 7.77. The number of rotatable bonds is 3. The number of nitro groups is 1. The third kappa shape index (κ3) is 4.11. The normalized spacial score (nSPS) is 13.8. The molecule has 1 aliphatic rings. The van der Waals surface area contributed by atoms with Crippen LogP contribution in [0.4, 0.5) is 11.5 Å². The summed E-state index contributed by atoms with van der Waals surface area (Å²) in [5.41, 5.74) is 1.16. The molecule has 0 spiro atoms. The number of piperidine rings is 1. The Hall–Kier alpha value is -2.98. The lowest BCUT2D eigenvalue weighted by atomic mass is 10.0. The van der Waals surface area contributed by atoms with Gasteiger partial charge in [-0.2, -0.15) is 0 Å². The molecule has 0 unspecified atom stereocenters. The highest BCUT2D eigenvalue weighted by Gasteiger charge is 2.23. The van der Waals surface area contributed by atoms with E-state index in [1.165, 1.54) is 17.4 Å². The summed E-state index contributed by atoms with van der Waals surface area (Å²) in [6.07, 6.45) is 4.84. The number of nitrogens with zero attached hydrogens (tertiary/aromatic N) is 3. The van der Waals surface area contributed by atoms with Crippen LogP contribution in [0.25, 0.3) is 0 Å². The fourth-order valence-corrected chi connectivity index (χ4v) is 3.22. The van der Waals surface area contributed by atoms with Crippen molar-refractivity contribution in [3.05, 3.63) is 62.5 Å². The van der Waals surface area contributed by atoms with Gasteiger partial charge in [0.25, 0.3) is 0 Å². The highest BCUT2D eigenvalue weighted by atomic mass is 32.1. The van der Waals surface area contributed by atoms with Crippen LogP contribution in [0.1, 0.15) is 22.5 Å². The van der Waals surface area contributed by atoms with Crippen LogP contribution < -0.4 is 4.90 Å². The second-order valence-electron chi connectivity index (χ2n) is 5.47. The van der Waals surface area contributed by atoms with Gasteiger partial charge in [-0.3, -0.25) is 14.9 Å². The van der Waals surface area contributed by atoms with Gasteiger partial charge in [0.15, 0.2) is 0 Å². The monoisotopic (exact) mass is 353 g/mol. The molecule has 0 N–H and O–H groups in total. The maximum Gasteiger partial charge on any atom is 0.311 e. The number of allylic oxidation sites excluding steroid dienone is 1. The molecule has 0 radical (unpaired) electrons. The van der Waals surface area contributed by atoms with Crippen molar-refractivity contribution in [2.24, 2.45) is 0 Å². The quantitative estimate of drug-likeness (QED) is 0.278. The van der Waals surface area contributed by atoms with Gasteiger partial charge in [0.2, 0.25) is 11.6 Å². The van der Waals surface area contributed by atoms with Crippen LogP contribution in [0, 0.1) is 22.0 Å². The second-order valence-corrected chi connectivity index (χ2v) is 6.42. The number of anilines is 1. The van der Waals surface area contributed by atoms with Crippen molar-refractivity contribution < 1.29 is 9.72 Å². The minimum atomic E-state index is -0.407. The Morgan fingerprint density at radius 2 is 2.12 bits per heavy atom. The van der Waals surface area contributed by atoms with Gasteiger partial charge in [-0.15, -0.1) is 11.3 Å². The number of carbonyl (C=O) groups excluding carboxylic acids is 1. The van der Waals surface area contributed by atoms with Gasteiger partial charge in [-0.1, -0.05) is 17.6 Å². The van der Waals surface area contributed by atoms with Gasteiger partial charge in [0.1, 0.15) is 0 Å². The van der Waals surface area contributed by atoms with E-state index < -0.39 is 4.92 Å². The number of ketones is 1. The summed E-state index contributed by atoms with van der Waals surface area (Å²) in [4.78, 5) is 29.2. The van der Waals surface area contributed by atoms with Crippen molar-refractivity contribution in [2.45, 2.75) is 12.8 Å². The van der Waals surface area contributed by atoms with Crippen LogP contribution in [0.15, 0.2) is 47.5 Å². The lowest BCUT2D eigenvalue weighted by Gasteiger charge is -2.28. The lowest BCUT2D eigenvalue weighted by Crippen LogP contribution is -2.31. The third-order valence-electron chi connectivity index (χ3n) is 3.87. The standard InChI is InChI=1S/C18H15N3O3S/c22-16(17-7-3-13-25-17)6-1-4-14-8-11-20(12-9-14)18-15(21(23)24)5-2-10-19-18/h2-5,7,10,13H,8-9,11-12H2. The zero-order valence-electron chi connectivity index (χ0n) is 13.3. The van der Waals surface area contributed by atoms with Crippen molar-refractivity contribution in [3.8, 4) is 11.8 Å². The Morgan fingerprint density at radius 3 is 2.80 bits per heavy atom. The van der Waals surface area contributed by atoms with Crippen LogP contribution in [-0.4, -0.2) is 28.8 Å². The van der Waals surface area contributed by atoms with Gasteiger partial charge in [0, 0.05) is 25.4 Å². The van der Waals surface area contributed by atoms with Crippen LogP contribution in [0.3, 0.4) is 0 Å². The highest BCUT2D eigenvalue weighted by molar-refractivity contribution is 7.12. The Bertz CT molecular complexity index is 868. The zero-order chi connectivity index (χ0) is 17.6. The van der Waals surface area contributed by atoms with Crippen LogP contribution in [0.2, 0.25) is 0 Å². The van der Waals surface area contributed by atoms with Crippen molar-refractivity contribution in [1.82, 2.24) is 4.98 Å². The molecule has 0 saturated carbocycles. The Kier molecular flexibility index (Phi) is 5.21. The lowest BCUT2D eigenvalue weighted by molar-refractivity contribution is -0.384. The number of aromatic nitrogens is 1. The first-order valence-corrected chi connectivity index (χ1v) is 8.65. The van der Waals surface area contributed by atoms with Crippen LogP contribution >= 0.6 is 11.3 Å².